The maximum Gasteiger partial charge on any atom is 0.245 e. The van der Waals surface area contributed by atoms with E-state index in [2.05, 4.69) is 24.0 Å². The van der Waals surface area contributed by atoms with Crippen molar-refractivity contribution >= 4 is 9.84 Å². The Morgan fingerprint density at radius 3 is 2.15 bits per heavy atom. The SMILES string of the molecule is Cc1noc([C@@H](C)S(=O)(=O)c2ccc(C(C)C)cc2)n1. The van der Waals surface area contributed by atoms with Crippen LogP contribution in [-0.2, 0) is 9.84 Å². The monoisotopic (exact) mass is 294 g/mol. The van der Waals surface area contributed by atoms with Crippen molar-refractivity contribution in [3.05, 3.63) is 41.5 Å². The molecule has 0 saturated heterocycles. The molecule has 0 radical (unpaired) electrons. The summed E-state index contributed by atoms with van der Waals surface area (Å²) in [4.78, 5) is 4.26. The third-order valence-electron chi connectivity index (χ3n) is 3.23. The van der Waals surface area contributed by atoms with Gasteiger partial charge in [-0.25, -0.2) is 8.42 Å². The van der Waals surface area contributed by atoms with Crippen LogP contribution in [0.1, 0.15) is 49.2 Å². The molecule has 0 bridgehead atoms. The quantitative estimate of drug-likeness (QED) is 0.866. The summed E-state index contributed by atoms with van der Waals surface area (Å²) in [5, 5.41) is 2.78. The predicted molar refractivity (Wildman–Crippen MR) is 75.2 cm³/mol. The number of aromatic nitrogens is 2. The Kier molecular flexibility index (Phi) is 3.94. The van der Waals surface area contributed by atoms with Gasteiger partial charge in [-0.15, -0.1) is 0 Å². The molecule has 6 heteroatoms. The van der Waals surface area contributed by atoms with Gasteiger partial charge in [-0.3, -0.25) is 0 Å². The molecule has 0 spiro atoms. The largest absolute Gasteiger partial charge is 0.338 e. The molecule has 0 aliphatic heterocycles. The standard InChI is InChI=1S/C14H18N2O3S/c1-9(2)12-5-7-13(8-6-12)20(17,18)10(3)14-15-11(4)16-19-14/h5-10H,1-4H3/t10-/m1/s1. The van der Waals surface area contributed by atoms with Crippen LogP contribution in [0, 0.1) is 6.92 Å². The van der Waals surface area contributed by atoms with Crippen LogP contribution in [0.5, 0.6) is 0 Å². The van der Waals surface area contributed by atoms with Crippen LogP contribution in [0.25, 0.3) is 0 Å². The summed E-state index contributed by atoms with van der Waals surface area (Å²) in [6, 6.07) is 6.93. The van der Waals surface area contributed by atoms with E-state index in [1.165, 1.54) is 0 Å². The minimum Gasteiger partial charge on any atom is -0.338 e. The Morgan fingerprint density at radius 1 is 1.10 bits per heavy atom. The normalized spacial score (nSPS) is 13.7. The van der Waals surface area contributed by atoms with E-state index in [0.717, 1.165) is 5.56 Å². The number of rotatable bonds is 4. The fraction of sp³-hybridized carbons (Fsp3) is 0.429. The fourth-order valence-electron chi connectivity index (χ4n) is 1.86. The molecule has 5 nitrogen and oxygen atoms in total. The first-order chi connectivity index (χ1) is 9.32. The van der Waals surface area contributed by atoms with Crippen LogP contribution < -0.4 is 0 Å². The van der Waals surface area contributed by atoms with E-state index in [-0.39, 0.29) is 10.8 Å². The Morgan fingerprint density at radius 2 is 1.70 bits per heavy atom. The highest BCUT2D eigenvalue weighted by molar-refractivity contribution is 7.91. The van der Waals surface area contributed by atoms with Gasteiger partial charge in [-0.05, 0) is 37.5 Å². The third-order valence-corrected chi connectivity index (χ3v) is 5.29. The van der Waals surface area contributed by atoms with Gasteiger partial charge in [0.05, 0.1) is 4.90 Å². The highest BCUT2D eigenvalue weighted by atomic mass is 32.2. The second-order valence-electron chi connectivity index (χ2n) is 5.09. The molecule has 1 aromatic carbocycles. The molecular formula is C14H18N2O3S. The second kappa shape index (κ2) is 5.36. The number of benzene rings is 1. The Bertz CT molecular complexity index is 687. The number of sulfone groups is 1. The van der Waals surface area contributed by atoms with Crippen molar-refractivity contribution < 1.29 is 12.9 Å². The zero-order valence-corrected chi connectivity index (χ0v) is 12.8. The molecule has 20 heavy (non-hydrogen) atoms. The van der Waals surface area contributed by atoms with Gasteiger partial charge >= 0.3 is 0 Å². The molecule has 1 aromatic heterocycles. The van der Waals surface area contributed by atoms with E-state index < -0.39 is 15.1 Å². The molecular weight excluding hydrogens is 276 g/mol. The molecule has 2 aromatic rings. The van der Waals surface area contributed by atoms with Gasteiger partial charge < -0.3 is 4.52 Å². The van der Waals surface area contributed by atoms with Gasteiger partial charge in [0.2, 0.25) is 5.89 Å². The lowest BCUT2D eigenvalue weighted by molar-refractivity contribution is 0.373. The van der Waals surface area contributed by atoms with Gasteiger partial charge in [0.15, 0.2) is 15.7 Å². The molecule has 0 aliphatic carbocycles. The first kappa shape index (κ1) is 14.7. The summed E-state index contributed by atoms with van der Waals surface area (Å²) in [6.07, 6.45) is 0. The first-order valence-electron chi connectivity index (χ1n) is 6.46. The van der Waals surface area contributed by atoms with Crippen LogP contribution in [0.3, 0.4) is 0 Å². The van der Waals surface area contributed by atoms with E-state index in [4.69, 9.17) is 4.52 Å². The van der Waals surface area contributed by atoms with Crippen LogP contribution in [-0.4, -0.2) is 18.6 Å². The summed E-state index contributed by atoms with van der Waals surface area (Å²) in [5.74, 6) is 0.912. The first-order valence-corrected chi connectivity index (χ1v) is 8.01. The van der Waals surface area contributed by atoms with Gasteiger partial charge in [-0.2, -0.15) is 4.98 Å². The predicted octanol–water partition coefficient (Wildman–Crippen LogP) is 3.04. The highest BCUT2D eigenvalue weighted by Gasteiger charge is 2.29. The average molecular weight is 294 g/mol. The van der Waals surface area contributed by atoms with Crippen molar-refractivity contribution in [3.8, 4) is 0 Å². The van der Waals surface area contributed by atoms with Crippen molar-refractivity contribution in [1.82, 2.24) is 10.1 Å². The lowest BCUT2D eigenvalue weighted by Crippen LogP contribution is -2.11. The molecule has 0 N–H and O–H groups in total. The number of hydrogen-bond donors (Lipinski definition) is 0. The number of aryl methyl sites for hydroxylation is 1. The van der Waals surface area contributed by atoms with E-state index in [1.807, 2.05) is 12.1 Å². The lowest BCUT2D eigenvalue weighted by atomic mass is 10.0. The Hall–Kier alpha value is -1.69. The van der Waals surface area contributed by atoms with E-state index in [9.17, 15) is 8.42 Å². The van der Waals surface area contributed by atoms with Crippen LogP contribution in [0.2, 0.25) is 0 Å². The van der Waals surface area contributed by atoms with Gasteiger partial charge in [0, 0.05) is 0 Å². The van der Waals surface area contributed by atoms with E-state index in [0.29, 0.717) is 11.7 Å². The summed E-state index contributed by atoms with van der Waals surface area (Å²) in [6.45, 7) is 7.34. The molecule has 0 fully saturated rings. The van der Waals surface area contributed by atoms with Gasteiger partial charge in [0.1, 0.15) is 5.25 Å². The van der Waals surface area contributed by atoms with Crippen molar-refractivity contribution in [2.45, 2.75) is 43.8 Å². The molecule has 1 atom stereocenters. The van der Waals surface area contributed by atoms with Crippen molar-refractivity contribution in [2.75, 3.05) is 0 Å². The Labute approximate surface area is 118 Å². The van der Waals surface area contributed by atoms with Crippen LogP contribution >= 0.6 is 0 Å². The average Bonchev–Trinajstić information content (AvgIpc) is 2.84. The number of hydrogen-bond acceptors (Lipinski definition) is 5. The van der Waals surface area contributed by atoms with Gasteiger partial charge in [-0.1, -0.05) is 31.1 Å². The molecule has 108 valence electrons. The molecule has 2 rings (SSSR count). The Balaban J connectivity index is 2.34. The smallest absolute Gasteiger partial charge is 0.245 e. The molecule has 0 aliphatic rings. The zero-order valence-electron chi connectivity index (χ0n) is 12.0. The van der Waals surface area contributed by atoms with E-state index in [1.54, 1.807) is 26.0 Å². The summed E-state index contributed by atoms with van der Waals surface area (Å²) in [5.41, 5.74) is 1.10. The zero-order chi connectivity index (χ0) is 14.9. The third kappa shape index (κ3) is 2.75. The molecule has 0 amide bonds. The summed E-state index contributed by atoms with van der Waals surface area (Å²) < 4.78 is 29.9. The topological polar surface area (TPSA) is 73.1 Å². The minimum atomic E-state index is -3.52. The lowest BCUT2D eigenvalue weighted by Gasteiger charge is -2.10. The minimum absolute atomic E-state index is 0.121. The summed E-state index contributed by atoms with van der Waals surface area (Å²) in [7, 11) is -3.52. The van der Waals surface area contributed by atoms with Crippen molar-refractivity contribution in [2.24, 2.45) is 0 Å². The maximum atomic E-state index is 12.5. The van der Waals surface area contributed by atoms with Gasteiger partial charge in [0.25, 0.3) is 0 Å². The van der Waals surface area contributed by atoms with Crippen LogP contribution in [0.15, 0.2) is 33.7 Å². The highest BCUT2D eigenvalue weighted by Crippen LogP contribution is 2.28. The molecule has 0 saturated carbocycles. The maximum absolute atomic E-state index is 12.5. The van der Waals surface area contributed by atoms with Crippen LogP contribution in [0.4, 0.5) is 0 Å². The molecule has 1 heterocycles. The second-order valence-corrected chi connectivity index (χ2v) is 7.36. The van der Waals surface area contributed by atoms with Crippen molar-refractivity contribution in [1.29, 1.82) is 0 Å². The van der Waals surface area contributed by atoms with E-state index >= 15 is 0 Å². The fourth-order valence-corrected chi connectivity index (χ4v) is 3.14. The summed E-state index contributed by atoms with van der Waals surface area (Å²) >= 11 is 0. The van der Waals surface area contributed by atoms with Crippen molar-refractivity contribution in [3.63, 3.8) is 0 Å². The number of nitrogens with zero attached hydrogens (tertiary/aromatic N) is 2. The molecule has 0 unspecified atom stereocenters.